The molecule has 0 saturated heterocycles. The minimum absolute atomic E-state index is 0.201. The van der Waals surface area contributed by atoms with E-state index in [2.05, 4.69) is 5.32 Å². The van der Waals surface area contributed by atoms with Crippen LogP contribution < -0.4 is 5.32 Å². The zero-order chi connectivity index (χ0) is 7.98. The number of hydrogen-bond donors (Lipinski definition) is 1. The third-order valence-electron chi connectivity index (χ3n) is 1.71. The van der Waals surface area contributed by atoms with Gasteiger partial charge < -0.3 is 5.32 Å². The van der Waals surface area contributed by atoms with Gasteiger partial charge in [-0.15, -0.1) is 0 Å². The van der Waals surface area contributed by atoms with Crippen molar-refractivity contribution in [1.82, 2.24) is 5.32 Å². The second-order valence-corrected chi connectivity index (χ2v) is 2.41. The first-order valence-electron chi connectivity index (χ1n) is 4.03. The van der Waals surface area contributed by atoms with Gasteiger partial charge in [0.1, 0.15) is 0 Å². The molecule has 0 fully saturated rings. The van der Waals surface area contributed by atoms with Crippen LogP contribution in [0.1, 0.15) is 33.6 Å². The van der Waals surface area contributed by atoms with Gasteiger partial charge in [-0.3, -0.25) is 4.79 Å². The van der Waals surface area contributed by atoms with Crippen molar-refractivity contribution in [2.45, 2.75) is 33.6 Å². The van der Waals surface area contributed by atoms with Crippen molar-refractivity contribution in [3.8, 4) is 0 Å². The van der Waals surface area contributed by atoms with Crippen LogP contribution >= 0.6 is 0 Å². The Morgan fingerprint density at radius 3 is 2.10 bits per heavy atom. The van der Waals surface area contributed by atoms with Crippen molar-refractivity contribution in [3.63, 3.8) is 0 Å². The molecule has 60 valence electrons. The van der Waals surface area contributed by atoms with Crippen LogP contribution in [0.3, 0.4) is 0 Å². The molecule has 1 N–H and O–H groups in total. The molecule has 2 nitrogen and oxygen atoms in total. The second-order valence-electron chi connectivity index (χ2n) is 2.41. The number of nitrogens with one attached hydrogen (secondary N) is 1. The van der Waals surface area contributed by atoms with Crippen molar-refractivity contribution in [2.75, 3.05) is 6.54 Å². The molecule has 0 aromatic rings. The normalized spacial score (nSPS) is 10.0. The molecule has 0 aromatic carbocycles. The minimum Gasteiger partial charge on any atom is -0.356 e. The molecule has 10 heavy (non-hydrogen) atoms. The molecule has 0 aliphatic rings. The van der Waals surface area contributed by atoms with E-state index in [0.29, 0.717) is 0 Å². The zero-order valence-corrected chi connectivity index (χ0v) is 7.11. The summed E-state index contributed by atoms with van der Waals surface area (Å²) in [5.41, 5.74) is 0. The van der Waals surface area contributed by atoms with Crippen molar-refractivity contribution in [1.29, 1.82) is 0 Å². The first kappa shape index (κ1) is 9.47. The highest BCUT2D eigenvalue weighted by Gasteiger charge is 2.11. The predicted molar refractivity (Wildman–Crippen MR) is 42.8 cm³/mol. The van der Waals surface area contributed by atoms with Crippen LogP contribution in [0.4, 0.5) is 0 Å². The van der Waals surface area contributed by atoms with E-state index in [-0.39, 0.29) is 11.8 Å². The van der Waals surface area contributed by atoms with Crippen LogP contribution in [0.25, 0.3) is 0 Å². The monoisotopic (exact) mass is 143 g/mol. The molecule has 0 saturated carbocycles. The second kappa shape index (κ2) is 5.27. The predicted octanol–water partition coefficient (Wildman–Crippen LogP) is 1.56. The van der Waals surface area contributed by atoms with Crippen molar-refractivity contribution in [3.05, 3.63) is 0 Å². The van der Waals surface area contributed by atoms with E-state index in [4.69, 9.17) is 0 Å². The highest BCUT2D eigenvalue weighted by molar-refractivity contribution is 5.78. The third-order valence-corrected chi connectivity index (χ3v) is 1.71. The van der Waals surface area contributed by atoms with Gasteiger partial charge in [-0.05, 0) is 19.8 Å². The molecule has 0 atom stereocenters. The van der Waals surface area contributed by atoms with Crippen molar-refractivity contribution in [2.24, 2.45) is 5.92 Å². The van der Waals surface area contributed by atoms with Gasteiger partial charge in [-0.25, -0.2) is 0 Å². The first-order valence-corrected chi connectivity index (χ1v) is 4.03. The number of rotatable bonds is 4. The van der Waals surface area contributed by atoms with E-state index in [1.165, 1.54) is 0 Å². The van der Waals surface area contributed by atoms with Gasteiger partial charge in [0, 0.05) is 12.5 Å². The Morgan fingerprint density at radius 2 is 1.80 bits per heavy atom. The van der Waals surface area contributed by atoms with Crippen LogP contribution in [0.5, 0.6) is 0 Å². The summed E-state index contributed by atoms with van der Waals surface area (Å²) in [5.74, 6) is 0.424. The lowest BCUT2D eigenvalue weighted by atomic mass is 10.0. The Hall–Kier alpha value is -0.530. The minimum atomic E-state index is 0.201. The summed E-state index contributed by atoms with van der Waals surface area (Å²) in [6.45, 7) is 6.78. The van der Waals surface area contributed by atoms with Gasteiger partial charge in [0.25, 0.3) is 0 Å². The molecule has 0 bridgehead atoms. The van der Waals surface area contributed by atoms with Crippen LogP contribution in [0.2, 0.25) is 0 Å². The van der Waals surface area contributed by atoms with E-state index in [0.717, 1.165) is 19.4 Å². The fraction of sp³-hybridized carbons (Fsp3) is 0.875. The Bertz CT molecular complexity index is 97.4. The average Bonchev–Trinajstić information content (AvgIpc) is 1.91. The summed E-state index contributed by atoms with van der Waals surface area (Å²) < 4.78 is 0. The highest BCUT2D eigenvalue weighted by atomic mass is 16.1. The van der Waals surface area contributed by atoms with Gasteiger partial charge in [0.05, 0.1) is 0 Å². The molecule has 0 aromatic heterocycles. The summed E-state index contributed by atoms with van der Waals surface area (Å²) in [5, 5.41) is 2.81. The van der Waals surface area contributed by atoms with Crippen molar-refractivity contribution >= 4 is 5.91 Å². The van der Waals surface area contributed by atoms with Crippen LogP contribution in [-0.2, 0) is 4.79 Å². The number of carbonyl (C=O) groups excluding carboxylic acids is 1. The van der Waals surface area contributed by atoms with E-state index in [1.54, 1.807) is 0 Å². The summed E-state index contributed by atoms with van der Waals surface area (Å²) in [4.78, 5) is 11.1. The Labute approximate surface area is 63.0 Å². The van der Waals surface area contributed by atoms with Gasteiger partial charge >= 0.3 is 0 Å². The lowest BCUT2D eigenvalue weighted by Gasteiger charge is -2.10. The SMILES string of the molecule is CCNC(=O)C(CC)CC. The van der Waals surface area contributed by atoms with Crippen LogP contribution in [-0.4, -0.2) is 12.5 Å². The van der Waals surface area contributed by atoms with Crippen molar-refractivity contribution < 1.29 is 4.79 Å². The summed E-state index contributed by atoms with van der Waals surface area (Å²) in [6, 6.07) is 0. The first-order chi connectivity index (χ1) is 4.76. The van der Waals surface area contributed by atoms with Crippen LogP contribution in [0.15, 0.2) is 0 Å². The number of carbonyl (C=O) groups is 1. The molecule has 0 aliphatic carbocycles. The highest BCUT2D eigenvalue weighted by Crippen LogP contribution is 2.06. The van der Waals surface area contributed by atoms with Gasteiger partial charge in [0.2, 0.25) is 5.91 Å². The molecule has 0 heterocycles. The zero-order valence-electron chi connectivity index (χ0n) is 7.11. The molecule has 0 radical (unpaired) electrons. The molecular weight excluding hydrogens is 126 g/mol. The Kier molecular flexibility index (Phi) is 4.99. The van der Waals surface area contributed by atoms with E-state index in [9.17, 15) is 4.79 Å². The average molecular weight is 143 g/mol. The van der Waals surface area contributed by atoms with Crippen LogP contribution in [0, 0.1) is 5.92 Å². The smallest absolute Gasteiger partial charge is 0.223 e. The maximum absolute atomic E-state index is 11.1. The Balaban J connectivity index is 3.65. The summed E-state index contributed by atoms with van der Waals surface area (Å²) in [6.07, 6.45) is 1.89. The summed E-state index contributed by atoms with van der Waals surface area (Å²) in [7, 11) is 0. The fourth-order valence-corrected chi connectivity index (χ4v) is 0.978. The largest absolute Gasteiger partial charge is 0.356 e. The van der Waals surface area contributed by atoms with E-state index < -0.39 is 0 Å². The molecule has 0 unspecified atom stereocenters. The van der Waals surface area contributed by atoms with Gasteiger partial charge in [-0.2, -0.15) is 0 Å². The molecular formula is C8H17NO. The third kappa shape index (κ3) is 2.85. The number of amides is 1. The molecule has 2 heteroatoms. The Morgan fingerprint density at radius 1 is 1.30 bits per heavy atom. The van der Waals surface area contributed by atoms with Gasteiger partial charge in [-0.1, -0.05) is 13.8 Å². The number of hydrogen-bond acceptors (Lipinski definition) is 1. The maximum atomic E-state index is 11.1. The lowest BCUT2D eigenvalue weighted by Crippen LogP contribution is -2.29. The molecule has 0 aliphatic heterocycles. The standard InChI is InChI=1S/C8H17NO/c1-4-7(5-2)8(10)9-6-3/h7H,4-6H2,1-3H3,(H,9,10). The van der Waals surface area contributed by atoms with Gasteiger partial charge in [0.15, 0.2) is 0 Å². The molecule has 0 rings (SSSR count). The topological polar surface area (TPSA) is 29.1 Å². The molecule has 1 amide bonds. The molecule has 0 spiro atoms. The lowest BCUT2D eigenvalue weighted by molar-refractivity contribution is -0.125. The van der Waals surface area contributed by atoms with E-state index >= 15 is 0 Å². The quantitative estimate of drug-likeness (QED) is 0.635. The maximum Gasteiger partial charge on any atom is 0.223 e. The van der Waals surface area contributed by atoms with E-state index in [1.807, 2.05) is 20.8 Å². The fourth-order valence-electron chi connectivity index (χ4n) is 0.978. The summed E-state index contributed by atoms with van der Waals surface area (Å²) >= 11 is 0.